The van der Waals surface area contributed by atoms with Crippen molar-refractivity contribution in [1.82, 2.24) is 0 Å². The van der Waals surface area contributed by atoms with Gasteiger partial charge in [-0.1, -0.05) is 17.7 Å². The Bertz CT molecular complexity index is 602. The van der Waals surface area contributed by atoms with E-state index >= 15 is 0 Å². The van der Waals surface area contributed by atoms with Gasteiger partial charge in [0, 0.05) is 6.54 Å². The highest BCUT2D eigenvalue weighted by atomic mass is 35.5. The van der Waals surface area contributed by atoms with Gasteiger partial charge in [0.05, 0.1) is 27.8 Å². The lowest BCUT2D eigenvalue weighted by molar-refractivity contribution is -0.114. The molecule has 0 radical (unpaired) electrons. The van der Waals surface area contributed by atoms with Gasteiger partial charge in [-0.15, -0.1) is 0 Å². The first-order chi connectivity index (χ1) is 8.87. The van der Waals surface area contributed by atoms with Gasteiger partial charge in [0.15, 0.2) is 0 Å². The van der Waals surface area contributed by atoms with E-state index in [0.717, 1.165) is 0 Å². The van der Waals surface area contributed by atoms with Crippen molar-refractivity contribution in [3.63, 3.8) is 0 Å². The lowest BCUT2D eigenvalue weighted by Gasteiger charge is -2.21. The number of anilines is 1. The molecule has 1 aromatic rings. The third-order valence-electron chi connectivity index (χ3n) is 3.21. The minimum atomic E-state index is -0.574. The predicted octanol–water partition coefficient (Wildman–Crippen LogP) is 2.81. The van der Waals surface area contributed by atoms with Crippen LogP contribution in [0.5, 0.6) is 0 Å². The van der Waals surface area contributed by atoms with Crippen LogP contribution in [0.15, 0.2) is 18.2 Å². The van der Waals surface area contributed by atoms with Crippen LogP contribution in [-0.2, 0) is 4.79 Å². The van der Waals surface area contributed by atoms with Crippen LogP contribution in [0.2, 0.25) is 5.02 Å². The molecule has 0 saturated carbocycles. The Kier molecular flexibility index (Phi) is 3.34. The summed E-state index contributed by atoms with van der Waals surface area (Å²) < 4.78 is 0. The number of nitriles is 1. The van der Waals surface area contributed by atoms with Crippen molar-refractivity contribution in [2.75, 3.05) is 11.4 Å². The Hall–Kier alpha value is -1.86. The second kappa shape index (κ2) is 4.67. The fourth-order valence-electron chi connectivity index (χ4n) is 1.97. The van der Waals surface area contributed by atoms with Crippen LogP contribution in [0.4, 0.5) is 5.69 Å². The molecule has 1 amide bonds. The smallest absolute Gasteiger partial charge is 0.299 e. The second-order valence-corrected chi connectivity index (χ2v) is 5.57. The maximum absolute atomic E-state index is 12.0. The van der Waals surface area contributed by atoms with E-state index in [-0.39, 0.29) is 10.6 Å². The van der Waals surface area contributed by atoms with Crippen molar-refractivity contribution in [2.45, 2.75) is 20.3 Å². The lowest BCUT2D eigenvalue weighted by Crippen LogP contribution is -2.32. The molecule has 4 nitrogen and oxygen atoms in total. The molecule has 0 bridgehead atoms. The number of hydrogen-bond acceptors (Lipinski definition) is 3. The van der Waals surface area contributed by atoms with E-state index < -0.39 is 17.1 Å². The number of nitrogens with zero attached hydrogens (tertiary/aromatic N) is 2. The lowest BCUT2D eigenvalue weighted by atomic mass is 9.91. The number of halogens is 1. The zero-order valence-corrected chi connectivity index (χ0v) is 11.5. The molecule has 0 fully saturated rings. The Labute approximate surface area is 116 Å². The summed E-state index contributed by atoms with van der Waals surface area (Å²) in [6.45, 7) is 3.93. The van der Waals surface area contributed by atoms with Crippen LogP contribution in [0, 0.1) is 16.7 Å². The summed E-state index contributed by atoms with van der Waals surface area (Å²) in [5.41, 5.74) is 0.269. The highest BCUT2D eigenvalue weighted by Crippen LogP contribution is 2.35. The van der Waals surface area contributed by atoms with E-state index in [1.807, 2.05) is 0 Å². The molecule has 19 heavy (non-hydrogen) atoms. The zero-order chi connectivity index (χ0) is 14.2. The molecule has 0 saturated heterocycles. The van der Waals surface area contributed by atoms with Gasteiger partial charge in [-0.2, -0.15) is 5.26 Å². The molecule has 2 rings (SSSR count). The number of ketones is 1. The van der Waals surface area contributed by atoms with Gasteiger partial charge in [0.1, 0.15) is 0 Å². The van der Waals surface area contributed by atoms with Gasteiger partial charge in [0.2, 0.25) is 0 Å². The summed E-state index contributed by atoms with van der Waals surface area (Å²) in [7, 11) is 0. The molecule has 1 aliphatic heterocycles. The maximum Gasteiger partial charge on any atom is 0.299 e. The van der Waals surface area contributed by atoms with Crippen LogP contribution >= 0.6 is 11.6 Å². The van der Waals surface area contributed by atoms with Crippen molar-refractivity contribution in [3.05, 3.63) is 28.8 Å². The van der Waals surface area contributed by atoms with Gasteiger partial charge in [0.25, 0.3) is 11.7 Å². The predicted molar refractivity (Wildman–Crippen MR) is 72.1 cm³/mol. The average molecular weight is 277 g/mol. The van der Waals surface area contributed by atoms with Gasteiger partial charge in [-0.3, -0.25) is 9.59 Å². The summed E-state index contributed by atoms with van der Waals surface area (Å²) in [5.74, 6) is -1.15. The fraction of sp³-hybridized carbons (Fsp3) is 0.357. The maximum atomic E-state index is 12.0. The van der Waals surface area contributed by atoms with E-state index in [0.29, 0.717) is 18.7 Å². The molecule has 1 heterocycles. The Morgan fingerprint density at radius 1 is 1.37 bits per heavy atom. The van der Waals surface area contributed by atoms with Crippen molar-refractivity contribution in [2.24, 2.45) is 5.41 Å². The van der Waals surface area contributed by atoms with E-state index in [9.17, 15) is 9.59 Å². The largest absolute Gasteiger partial charge is 0.305 e. The van der Waals surface area contributed by atoms with Crippen molar-refractivity contribution in [3.8, 4) is 6.07 Å². The summed E-state index contributed by atoms with van der Waals surface area (Å²) in [4.78, 5) is 25.2. The molecule has 1 aromatic carbocycles. The average Bonchev–Trinajstić information content (AvgIpc) is 2.61. The number of carbonyl (C=O) groups excluding carboxylic acids is 2. The Morgan fingerprint density at radius 2 is 2.05 bits per heavy atom. The Morgan fingerprint density at radius 3 is 2.68 bits per heavy atom. The number of fused-ring (bicyclic) bond motifs is 1. The molecule has 5 heteroatoms. The fourth-order valence-corrected chi connectivity index (χ4v) is 2.23. The summed E-state index contributed by atoms with van der Waals surface area (Å²) in [6, 6.07) is 7.17. The van der Waals surface area contributed by atoms with E-state index in [2.05, 4.69) is 6.07 Å². The molecule has 0 spiro atoms. The molecule has 0 aromatic heterocycles. The minimum Gasteiger partial charge on any atom is -0.305 e. The highest BCUT2D eigenvalue weighted by molar-refractivity contribution is 6.55. The van der Waals surface area contributed by atoms with E-state index in [4.69, 9.17) is 16.9 Å². The molecule has 0 atom stereocenters. The first-order valence-corrected chi connectivity index (χ1v) is 6.31. The van der Waals surface area contributed by atoms with Crippen molar-refractivity contribution in [1.29, 1.82) is 5.26 Å². The molecule has 0 aliphatic carbocycles. The van der Waals surface area contributed by atoms with E-state index in [1.54, 1.807) is 32.0 Å². The Balaban J connectivity index is 2.30. The zero-order valence-electron chi connectivity index (χ0n) is 10.7. The van der Waals surface area contributed by atoms with Crippen LogP contribution < -0.4 is 4.90 Å². The van der Waals surface area contributed by atoms with Gasteiger partial charge in [-0.05, 0) is 32.4 Å². The van der Waals surface area contributed by atoms with Gasteiger partial charge in [-0.25, -0.2) is 0 Å². The van der Waals surface area contributed by atoms with Crippen LogP contribution in [-0.4, -0.2) is 18.2 Å². The number of Topliss-reactive ketones (excluding diaryl/α,β-unsaturated/α-hetero) is 1. The third-order valence-corrected chi connectivity index (χ3v) is 3.53. The third kappa shape index (κ3) is 2.34. The summed E-state index contributed by atoms with van der Waals surface area (Å²) in [5, 5.41) is 9.27. The highest BCUT2D eigenvalue weighted by Gasteiger charge is 2.37. The summed E-state index contributed by atoms with van der Waals surface area (Å²) >= 11 is 5.96. The number of benzene rings is 1. The summed E-state index contributed by atoms with van der Waals surface area (Å²) in [6.07, 6.45) is 0.495. The van der Waals surface area contributed by atoms with Crippen molar-refractivity contribution < 1.29 is 9.59 Å². The molecular formula is C14H13ClN2O2. The van der Waals surface area contributed by atoms with Crippen molar-refractivity contribution >= 4 is 29.0 Å². The van der Waals surface area contributed by atoms with Gasteiger partial charge < -0.3 is 4.90 Å². The minimum absolute atomic E-state index is 0.268. The van der Waals surface area contributed by atoms with Crippen LogP contribution in [0.25, 0.3) is 0 Å². The van der Waals surface area contributed by atoms with Crippen LogP contribution in [0.1, 0.15) is 30.6 Å². The number of hydrogen-bond donors (Lipinski definition) is 0. The molecule has 1 aliphatic rings. The SMILES string of the molecule is CC(C)(C#N)CCN1C(=O)C(=O)c2c(Cl)cccc21. The first-order valence-electron chi connectivity index (χ1n) is 5.93. The second-order valence-electron chi connectivity index (χ2n) is 5.17. The van der Waals surface area contributed by atoms with Gasteiger partial charge >= 0.3 is 0 Å². The quantitative estimate of drug-likeness (QED) is 0.798. The number of amides is 1. The monoisotopic (exact) mass is 276 g/mol. The number of carbonyl (C=O) groups is 2. The molecule has 0 N–H and O–H groups in total. The molecular weight excluding hydrogens is 264 g/mol. The number of rotatable bonds is 3. The standard InChI is InChI=1S/C14H13ClN2O2/c1-14(2,8-16)6-7-17-10-5-3-4-9(15)11(10)12(18)13(17)19/h3-5H,6-7H2,1-2H3. The topological polar surface area (TPSA) is 61.2 Å². The first kappa shape index (κ1) is 13.6. The molecule has 98 valence electrons. The van der Waals surface area contributed by atoms with E-state index in [1.165, 1.54) is 4.90 Å². The van der Waals surface area contributed by atoms with Crippen LogP contribution in [0.3, 0.4) is 0 Å². The molecule has 0 unspecified atom stereocenters. The normalized spacial score (nSPS) is 14.5.